The summed E-state index contributed by atoms with van der Waals surface area (Å²) in [5.74, 6) is -2.36. The molecule has 2 amide bonds. The average molecular weight is 488 g/mol. The molecule has 1 fully saturated rings. The van der Waals surface area contributed by atoms with Crippen molar-refractivity contribution in [2.24, 2.45) is 0 Å². The average Bonchev–Trinajstić information content (AvgIpc) is 3.05. The number of carbonyl (C=O) groups is 3. The molecule has 1 saturated heterocycles. The van der Waals surface area contributed by atoms with E-state index in [-0.39, 0.29) is 27.0 Å². The molecule has 170 valence electrons. The predicted molar refractivity (Wildman–Crippen MR) is 124 cm³/mol. The minimum atomic E-state index is -1.11. The number of nitro groups is 1. The number of hydrazine groups is 1. The number of thioether (sulfide) groups is 1. The van der Waals surface area contributed by atoms with Crippen LogP contribution in [0.25, 0.3) is 6.08 Å². The second kappa shape index (κ2) is 10.2. The second-order valence-electron chi connectivity index (χ2n) is 6.62. The van der Waals surface area contributed by atoms with Crippen molar-refractivity contribution in [2.45, 2.75) is 19.4 Å². The maximum atomic E-state index is 12.9. The fourth-order valence-corrected chi connectivity index (χ4v) is 4.03. The molecule has 3 rings (SSSR count). The summed E-state index contributed by atoms with van der Waals surface area (Å²) in [5.41, 5.74) is 2.12. The number of nitrogens with zero attached hydrogens (tertiary/aromatic N) is 2. The number of nitro benzene ring substituents is 1. The van der Waals surface area contributed by atoms with Gasteiger partial charge < -0.3 is 9.84 Å². The number of carboxylic acids is 1. The fourth-order valence-electron chi connectivity index (χ4n) is 2.86. The highest BCUT2D eigenvalue weighted by Crippen LogP contribution is 2.34. The van der Waals surface area contributed by atoms with Crippen LogP contribution >= 0.6 is 24.0 Å². The zero-order valence-electron chi connectivity index (χ0n) is 17.1. The van der Waals surface area contributed by atoms with Gasteiger partial charge in [0.05, 0.1) is 9.83 Å². The van der Waals surface area contributed by atoms with Crippen molar-refractivity contribution in [1.82, 2.24) is 10.4 Å². The lowest BCUT2D eigenvalue weighted by atomic mass is 10.1. The van der Waals surface area contributed by atoms with E-state index in [0.717, 1.165) is 16.8 Å². The summed E-state index contributed by atoms with van der Waals surface area (Å²) in [4.78, 5) is 47.4. The SMILES string of the molecule is CCC(Oc1ccccc1/C=C1/SC(=S)N(NC(=O)c2ccccc2[N+](=O)[O-])C1=O)C(=O)O. The van der Waals surface area contributed by atoms with Gasteiger partial charge in [0.2, 0.25) is 0 Å². The first-order valence-electron chi connectivity index (χ1n) is 9.53. The number of benzene rings is 2. The molecule has 1 aliphatic heterocycles. The molecule has 1 unspecified atom stereocenters. The van der Waals surface area contributed by atoms with Crippen LogP contribution in [0.4, 0.5) is 5.69 Å². The van der Waals surface area contributed by atoms with Gasteiger partial charge in [-0.3, -0.25) is 25.1 Å². The van der Waals surface area contributed by atoms with E-state index >= 15 is 0 Å². The molecule has 10 nitrogen and oxygen atoms in total. The molecule has 1 atom stereocenters. The molecule has 1 heterocycles. The van der Waals surface area contributed by atoms with Crippen LogP contribution in [0.2, 0.25) is 0 Å². The van der Waals surface area contributed by atoms with Crippen molar-refractivity contribution in [2.75, 3.05) is 0 Å². The number of hydrogen-bond donors (Lipinski definition) is 2. The van der Waals surface area contributed by atoms with E-state index in [9.17, 15) is 29.6 Å². The van der Waals surface area contributed by atoms with Crippen LogP contribution in [0.3, 0.4) is 0 Å². The highest BCUT2D eigenvalue weighted by atomic mass is 32.2. The molecular formula is C21H17N3O7S2. The van der Waals surface area contributed by atoms with Gasteiger partial charge >= 0.3 is 5.97 Å². The van der Waals surface area contributed by atoms with Gasteiger partial charge in [-0.1, -0.05) is 49.0 Å². The minimum Gasteiger partial charge on any atom is -0.479 e. The van der Waals surface area contributed by atoms with Gasteiger partial charge in [-0.15, -0.1) is 0 Å². The number of hydrogen-bond acceptors (Lipinski definition) is 8. The third-order valence-electron chi connectivity index (χ3n) is 4.47. The fraction of sp³-hybridized carbons (Fsp3) is 0.143. The molecule has 0 saturated carbocycles. The number of amides is 2. The summed E-state index contributed by atoms with van der Waals surface area (Å²) < 4.78 is 5.59. The Labute approximate surface area is 197 Å². The zero-order chi connectivity index (χ0) is 24.1. The molecule has 0 radical (unpaired) electrons. The van der Waals surface area contributed by atoms with Crippen LogP contribution in [0, 0.1) is 10.1 Å². The number of rotatable bonds is 8. The van der Waals surface area contributed by atoms with Crippen LogP contribution in [0.5, 0.6) is 5.75 Å². The van der Waals surface area contributed by atoms with Crippen molar-refractivity contribution in [3.05, 3.63) is 74.7 Å². The largest absolute Gasteiger partial charge is 0.479 e. The lowest BCUT2D eigenvalue weighted by molar-refractivity contribution is -0.385. The van der Waals surface area contributed by atoms with E-state index in [4.69, 9.17) is 17.0 Å². The Balaban J connectivity index is 1.83. The van der Waals surface area contributed by atoms with E-state index in [2.05, 4.69) is 5.43 Å². The number of carboxylic acid groups (broad SMARTS) is 1. The highest BCUT2D eigenvalue weighted by Gasteiger charge is 2.35. The molecule has 2 aromatic carbocycles. The van der Waals surface area contributed by atoms with E-state index in [1.165, 1.54) is 30.3 Å². The van der Waals surface area contributed by atoms with Crippen molar-refractivity contribution in [3.8, 4) is 5.75 Å². The van der Waals surface area contributed by atoms with Crippen LogP contribution in [0.1, 0.15) is 29.3 Å². The summed E-state index contributed by atoms with van der Waals surface area (Å²) >= 11 is 6.10. The Morgan fingerprint density at radius 2 is 1.94 bits per heavy atom. The lowest BCUT2D eigenvalue weighted by Crippen LogP contribution is -2.45. The third-order valence-corrected chi connectivity index (χ3v) is 5.78. The Kier molecular flexibility index (Phi) is 7.41. The van der Waals surface area contributed by atoms with Gasteiger partial charge in [-0.25, -0.2) is 4.79 Å². The Bertz CT molecular complexity index is 1180. The number of aliphatic carboxylic acids is 1. The molecule has 2 aromatic rings. The van der Waals surface area contributed by atoms with Crippen molar-refractivity contribution >= 4 is 57.8 Å². The van der Waals surface area contributed by atoms with Crippen molar-refractivity contribution < 1.29 is 29.2 Å². The van der Waals surface area contributed by atoms with Crippen molar-refractivity contribution in [1.29, 1.82) is 0 Å². The Morgan fingerprint density at radius 3 is 2.61 bits per heavy atom. The first kappa shape index (κ1) is 23.9. The molecule has 33 heavy (non-hydrogen) atoms. The third kappa shape index (κ3) is 5.35. The molecule has 0 aromatic heterocycles. The molecule has 12 heteroatoms. The van der Waals surface area contributed by atoms with Crippen molar-refractivity contribution in [3.63, 3.8) is 0 Å². The van der Waals surface area contributed by atoms with Gasteiger partial charge in [0.25, 0.3) is 17.5 Å². The monoisotopic (exact) mass is 487 g/mol. The molecule has 1 aliphatic rings. The van der Waals surface area contributed by atoms with Gasteiger partial charge in [0, 0.05) is 11.6 Å². The maximum Gasteiger partial charge on any atom is 0.344 e. The summed E-state index contributed by atoms with van der Waals surface area (Å²) in [6.45, 7) is 1.67. The number of para-hydroxylation sites is 2. The van der Waals surface area contributed by atoms with E-state index in [1.807, 2.05) is 0 Å². The molecule has 0 aliphatic carbocycles. The predicted octanol–water partition coefficient (Wildman–Crippen LogP) is 3.38. The van der Waals surface area contributed by atoms with Crippen LogP contribution < -0.4 is 10.2 Å². The molecule has 2 N–H and O–H groups in total. The highest BCUT2D eigenvalue weighted by molar-refractivity contribution is 8.26. The summed E-state index contributed by atoms with van der Waals surface area (Å²) in [6, 6.07) is 11.9. The Morgan fingerprint density at radius 1 is 1.27 bits per heavy atom. The number of thiocarbonyl (C=S) groups is 1. The normalized spacial score (nSPS) is 15.4. The smallest absolute Gasteiger partial charge is 0.344 e. The summed E-state index contributed by atoms with van der Waals surface area (Å²) in [7, 11) is 0. The van der Waals surface area contributed by atoms with E-state index in [0.29, 0.717) is 5.56 Å². The molecule has 0 bridgehead atoms. The minimum absolute atomic E-state index is 0.0218. The number of carbonyl (C=O) groups excluding carboxylic acids is 2. The van der Waals surface area contributed by atoms with Gasteiger partial charge in [0.1, 0.15) is 11.3 Å². The van der Waals surface area contributed by atoms with Crippen LogP contribution in [-0.4, -0.2) is 43.2 Å². The Hall–Kier alpha value is -3.77. The standard InChI is InChI=1S/C21H17N3O7S2/c1-2-15(20(27)28)31-16-10-6-3-7-12(16)11-17-19(26)23(21(32)33-17)22-18(25)13-8-4-5-9-14(13)24(29)30/h3-11,15H,2H2,1H3,(H,22,25)(H,27,28)/b17-11+. The van der Waals surface area contributed by atoms with E-state index in [1.54, 1.807) is 31.2 Å². The van der Waals surface area contributed by atoms with E-state index < -0.39 is 34.5 Å². The number of ether oxygens (including phenoxy) is 1. The summed E-state index contributed by atoms with van der Waals surface area (Å²) in [6.07, 6.45) is 0.652. The van der Waals surface area contributed by atoms with Crippen LogP contribution in [0.15, 0.2) is 53.4 Å². The van der Waals surface area contributed by atoms with Gasteiger partial charge in [0.15, 0.2) is 10.4 Å². The lowest BCUT2D eigenvalue weighted by Gasteiger charge is -2.16. The van der Waals surface area contributed by atoms with Gasteiger partial charge in [-0.05, 0) is 36.8 Å². The molecular weight excluding hydrogens is 470 g/mol. The topological polar surface area (TPSA) is 139 Å². The number of nitrogens with one attached hydrogen (secondary N) is 1. The summed E-state index contributed by atoms with van der Waals surface area (Å²) in [5, 5.41) is 21.3. The zero-order valence-corrected chi connectivity index (χ0v) is 18.7. The van der Waals surface area contributed by atoms with Gasteiger partial charge in [-0.2, -0.15) is 5.01 Å². The quantitative estimate of drug-likeness (QED) is 0.248. The second-order valence-corrected chi connectivity index (χ2v) is 8.30. The maximum absolute atomic E-state index is 12.9. The first-order valence-corrected chi connectivity index (χ1v) is 10.8. The van der Waals surface area contributed by atoms with Crippen LogP contribution in [-0.2, 0) is 9.59 Å². The first-order chi connectivity index (χ1) is 15.7. The molecule has 0 spiro atoms.